The zero-order valence-electron chi connectivity index (χ0n) is 13.1. The molecular weight excluding hydrogens is 345 g/mol. The molecule has 0 fully saturated rings. The van der Waals surface area contributed by atoms with Gasteiger partial charge in [0.1, 0.15) is 11.6 Å². The van der Waals surface area contributed by atoms with E-state index in [0.717, 1.165) is 17.4 Å². The fourth-order valence-electron chi connectivity index (χ4n) is 2.42. The Kier molecular flexibility index (Phi) is 5.16. The first-order chi connectivity index (χ1) is 12.1. The molecule has 0 radical (unpaired) electrons. The van der Waals surface area contributed by atoms with Crippen LogP contribution in [0.5, 0.6) is 0 Å². The van der Waals surface area contributed by atoms with Crippen LogP contribution in [0.4, 0.5) is 4.39 Å². The molecule has 0 bridgehead atoms. The number of aliphatic hydroxyl groups excluding tert-OH is 1. The van der Waals surface area contributed by atoms with E-state index in [-0.39, 0.29) is 17.1 Å². The minimum atomic E-state index is -0.930. The van der Waals surface area contributed by atoms with E-state index in [0.29, 0.717) is 5.56 Å². The molecule has 3 rings (SSSR count). The molecule has 128 valence electrons. The predicted molar refractivity (Wildman–Crippen MR) is 92.8 cm³/mol. The Labute approximate surface area is 148 Å². The number of carbonyl (C=O) groups excluding carboxylic acids is 1. The molecule has 1 amide bonds. The molecule has 0 spiro atoms. The molecule has 6 heteroatoms. The number of hydrogen-bond acceptors (Lipinski definition) is 3. The summed E-state index contributed by atoms with van der Waals surface area (Å²) in [7, 11) is 0. The van der Waals surface area contributed by atoms with E-state index in [9.17, 15) is 14.3 Å². The molecule has 1 heterocycles. The van der Waals surface area contributed by atoms with Crippen LogP contribution in [-0.4, -0.2) is 17.6 Å². The average Bonchev–Trinajstić information content (AvgIpc) is 3.14. The lowest BCUT2D eigenvalue weighted by Gasteiger charge is -2.13. The highest BCUT2D eigenvalue weighted by molar-refractivity contribution is 6.33. The molecule has 0 unspecified atom stereocenters. The summed E-state index contributed by atoms with van der Waals surface area (Å²) in [6.07, 6.45) is 0.654. The van der Waals surface area contributed by atoms with Gasteiger partial charge in [0, 0.05) is 12.1 Å². The van der Waals surface area contributed by atoms with Crippen molar-refractivity contribution in [3.05, 3.63) is 82.8 Å². The third-order valence-electron chi connectivity index (χ3n) is 3.75. The number of nitrogens with one attached hydrogen (secondary N) is 1. The summed E-state index contributed by atoms with van der Waals surface area (Å²) in [6, 6.07) is 14.7. The fraction of sp³-hybridized carbons (Fsp3) is 0.105. The standard InChI is InChI=1S/C19H15ClFNO3/c20-14-3-1-4-15(21)18(14)19(24)22-11-16(23)12-6-8-13(9-7-12)17-5-2-10-25-17/h1-10,16,23H,11H2,(H,22,24)/t16-/m0/s1. The topological polar surface area (TPSA) is 62.5 Å². The van der Waals surface area contributed by atoms with Crippen molar-refractivity contribution in [3.63, 3.8) is 0 Å². The molecule has 0 saturated heterocycles. The van der Waals surface area contributed by atoms with E-state index < -0.39 is 17.8 Å². The van der Waals surface area contributed by atoms with Gasteiger partial charge in [0.25, 0.3) is 5.91 Å². The highest BCUT2D eigenvalue weighted by atomic mass is 35.5. The van der Waals surface area contributed by atoms with Crippen LogP contribution >= 0.6 is 11.6 Å². The number of aliphatic hydroxyl groups is 1. The van der Waals surface area contributed by atoms with Crippen LogP contribution in [0.3, 0.4) is 0 Å². The zero-order chi connectivity index (χ0) is 17.8. The second-order valence-corrected chi connectivity index (χ2v) is 5.83. The average molecular weight is 360 g/mol. The normalized spacial score (nSPS) is 12.0. The minimum absolute atomic E-state index is 0.0230. The lowest BCUT2D eigenvalue weighted by atomic mass is 10.1. The van der Waals surface area contributed by atoms with Crippen LogP contribution in [0.2, 0.25) is 5.02 Å². The molecule has 2 aromatic carbocycles. The number of amides is 1. The van der Waals surface area contributed by atoms with Crippen LogP contribution in [0.15, 0.2) is 65.3 Å². The van der Waals surface area contributed by atoms with Gasteiger partial charge in [-0.15, -0.1) is 0 Å². The van der Waals surface area contributed by atoms with Gasteiger partial charge in [-0.25, -0.2) is 4.39 Å². The minimum Gasteiger partial charge on any atom is -0.464 e. The van der Waals surface area contributed by atoms with E-state index in [2.05, 4.69) is 5.32 Å². The maximum absolute atomic E-state index is 13.7. The Balaban J connectivity index is 1.64. The molecular formula is C19H15ClFNO3. The number of halogens is 2. The Hall–Kier alpha value is -2.63. The van der Waals surface area contributed by atoms with Gasteiger partial charge in [0.2, 0.25) is 0 Å². The third kappa shape index (κ3) is 3.90. The summed E-state index contributed by atoms with van der Waals surface area (Å²) < 4.78 is 19.0. The molecule has 1 atom stereocenters. The first-order valence-electron chi connectivity index (χ1n) is 7.60. The van der Waals surface area contributed by atoms with E-state index in [1.807, 2.05) is 18.2 Å². The summed E-state index contributed by atoms with van der Waals surface area (Å²) >= 11 is 5.85. The van der Waals surface area contributed by atoms with Crippen LogP contribution in [0, 0.1) is 5.82 Å². The number of rotatable bonds is 5. The van der Waals surface area contributed by atoms with E-state index >= 15 is 0 Å². The van der Waals surface area contributed by atoms with Gasteiger partial charge in [0.05, 0.1) is 23.0 Å². The maximum atomic E-state index is 13.7. The first kappa shape index (κ1) is 17.2. The van der Waals surface area contributed by atoms with Gasteiger partial charge < -0.3 is 14.8 Å². The lowest BCUT2D eigenvalue weighted by molar-refractivity contribution is 0.0912. The summed E-state index contributed by atoms with van der Waals surface area (Å²) in [6.45, 7) is -0.0659. The third-order valence-corrected chi connectivity index (χ3v) is 4.06. The Morgan fingerprint density at radius 1 is 1.16 bits per heavy atom. The van der Waals surface area contributed by atoms with Gasteiger partial charge in [-0.1, -0.05) is 41.9 Å². The van der Waals surface area contributed by atoms with E-state index in [4.69, 9.17) is 16.0 Å². The molecule has 4 nitrogen and oxygen atoms in total. The van der Waals surface area contributed by atoms with Crippen molar-refractivity contribution in [2.75, 3.05) is 6.54 Å². The molecule has 0 aliphatic rings. The van der Waals surface area contributed by atoms with Gasteiger partial charge >= 0.3 is 0 Å². The molecule has 2 N–H and O–H groups in total. The van der Waals surface area contributed by atoms with Crippen molar-refractivity contribution < 1.29 is 18.7 Å². The Morgan fingerprint density at radius 3 is 2.56 bits per heavy atom. The van der Waals surface area contributed by atoms with Crippen LogP contribution in [0.1, 0.15) is 22.0 Å². The second-order valence-electron chi connectivity index (χ2n) is 5.42. The van der Waals surface area contributed by atoms with Gasteiger partial charge in [-0.05, 0) is 29.8 Å². The molecule has 3 aromatic rings. The Morgan fingerprint density at radius 2 is 1.92 bits per heavy atom. The zero-order valence-corrected chi connectivity index (χ0v) is 13.8. The number of hydrogen-bond donors (Lipinski definition) is 2. The molecule has 1 aromatic heterocycles. The molecule has 0 aliphatic heterocycles. The van der Waals surface area contributed by atoms with Crippen molar-refractivity contribution >= 4 is 17.5 Å². The van der Waals surface area contributed by atoms with Gasteiger partial charge in [-0.2, -0.15) is 0 Å². The lowest BCUT2D eigenvalue weighted by Crippen LogP contribution is -2.29. The maximum Gasteiger partial charge on any atom is 0.255 e. The first-order valence-corrected chi connectivity index (χ1v) is 7.98. The largest absolute Gasteiger partial charge is 0.464 e. The number of benzene rings is 2. The summed E-state index contributed by atoms with van der Waals surface area (Å²) in [5.74, 6) is -0.653. The van der Waals surface area contributed by atoms with Crippen molar-refractivity contribution in [2.24, 2.45) is 0 Å². The van der Waals surface area contributed by atoms with Crippen molar-refractivity contribution in [2.45, 2.75) is 6.10 Å². The quantitative estimate of drug-likeness (QED) is 0.717. The summed E-state index contributed by atoms with van der Waals surface area (Å²) in [5.41, 5.74) is 1.27. The number of carbonyl (C=O) groups is 1. The van der Waals surface area contributed by atoms with E-state index in [1.54, 1.807) is 24.5 Å². The van der Waals surface area contributed by atoms with Crippen molar-refractivity contribution in [1.29, 1.82) is 0 Å². The van der Waals surface area contributed by atoms with Gasteiger partial charge in [-0.3, -0.25) is 4.79 Å². The smallest absolute Gasteiger partial charge is 0.255 e. The number of furan rings is 1. The Bertz CT molecular complexity index is 843. The highest BCUT2D eigenvalue weighted by Gasteiger charge is 2.17. The van der Waals surface area contributed by atoms with Crippen LogP contribution in [0.25, 0.3) is 11.3 Å². The predicted octanol–water partition coefficient (Wildman–Crippen LogP) is 4.20. The van der Waals surface area contributed by atoms with E-state index in [1.165, 1.54) is 12.1 Å². The summed E-state index contributed by atoms with van der Waals surface area (Å²) in [4.78, 5) is 12.1. The highest BCUT2D eigenvalue weighted by Crippen LogP contribution is 2.23. The molecule has 25 heavy (non-hydrogen) atoms. The van der Waals surface area contributed by atoms with Crippen LogP contribution < -0.4 is 5.32 Å². The van der Waals surface area contributed by atoms with Gasteiger partial charge in [0.15, 0.2) is 0 Å². The van der Waals surface area contributed by atoms with Crippen molar-refractivity contribution in [3.8, 4) is 11.3 Å². The molecule has 0 saturated carbocycles. The summed E-state index contributed by atoms with van der Waals surface area (Å²) in [5, 5.41) is 12.7. The fourth-order valence-corrected chi connectivity index (χ4v) is 2.67. The monoisotopic (exact) mass is 359 g/mol. The van der Waals surface area contributed by atoms with Crippen LogP contribution in [-0.2, 0) is 0 Å². The second kappa shape index (κ2) is 7.51. The SMILES string of the molecule is O=C(NC[C@H](O)c1ccc(-c2ccco2)cc1)c1c(F)cccc1Cl. The molecule has 0 aliphatic carbocycles. The van der Waals surface area contributed by atoms with Crippen molar-refractivity contribution in [1.82, 2.24) is 5.32 Å².